The average molecular weight is 294 g/mol. The smallest absolute Gasteiger partial charge is 0.227 e. The van der Waals surface area contributed by atoms with Crippen molar-refractivity contribution in [3.63, 3.8) is 0 Å². The molecule has 0 aromatic carbocycles. The van der Waals surface area contributed by atoms with Crippen molar-refractivity contribution in [2.45, 2.75) is 78.2 Å². The molecular formula is C18H34N2O. The molecule has 2 fully saturated rings. The van der Waals surface area contributed by atoms with Gasteiger partial charge in [-0.25, -0.2) is 0 Å². The van der Waals surface area contributed by atoms with Crippen molar-refractivity contribution in [1.29, 1.82) is 0 Å². The summed E-state index contributed by atoms with van der Waals surface area (Å²) in [5.74, 6) is 1.16. The van der Waals surface area contributed by atoms with Gasteiger partial charge in [-0.3, -0.25) is 4.79 Å². The molecule has 2 rings (SSSR count). The zero-order valence-corrected chi connectivity index (χ0v) is 14.2. The van der Waals surface area contributed by atoms with Crippen LogP contribution in [0.5, 0.6) is 0 Å². The van der Waals surface area contributed by atoms with Gasteiger partial charge in [-0.05, 0) is 43.4 Å². The molecule has 3 nitrogen and oxygen atoms in total. The van der Waals surface area contributed by atoms with Gasteiger partial charge in [0.05, 0.1) is 5.92 Å². The number of carbonyl (C=O) groups excluding carboxylic acids is 1. The van der Waals surface area contributed by atoms with Gasteiger partial charge >= 0.3 is 0 Å². The minimum absolute atomic E-state index is 0.0821. The second-order valence-corrected chi connectivity index (χ2v) is 8.23. The second kappa shape index (κ2) is 7.13. The number of nitrogens with zero attached hydrogens (tertiary/aromatic N) is 1. The molecule has 1 amide bonds. The number of carbonyl (C=O) groups is 1. The third-order valence-corrected chi connectivity index (χ3v) is 5.65. The first kappa shape index (κ1) is 16.8. The van der Waals surface area contributed by atoms with Crippen LogP contribution in [-0.2, 0) is 4.79 Å². The van der Waals surface area contributed by atoms with Crippen molar-refractivity contribution in [2.24, 2.45) is 23.0 Å². The topological polar surface area (TPSA) is 46.3 Å². The molecule has 0 aromatic rings. The average Bonchev–Trinajstić information content (AvgIpc) is 2.77. The lowest BCUT2D eigenvalue weighted by Crippen LogP contribution is -2.44. The zero-order chi connectivity index (χ0) is 15.5. The fourth-order valence-corrected chi connectivity index (χ4v) is 4.06. The summed E-state index contributed by atoms with van der Waals surface area (Å²) in [5.41, 5.74) is 6.63. The van der Waals surface area contributed by atoms with E-state index in [1.54, 1.807) is 0 Å². The van der Waals surface area contributed by atoms with Crippen LogP contribution in [0, 0.1) is 17.3 Å². The summed E-state index contributed by atoms with van der Waals surface area (Å²) in [7, 11) is 0. The normalized spacial score (nSPS) is 32.4. The van der Waals surface area contributed by atoms with E-state index in [0.717, 1.165) is 44.7 Å². The van der Waals surface area contributed by atoms with Crippen LogP contribution in [0.4, 0.5) is 0 Å². The van der Waals surface area contributed by atoms with Crippen molar-refractivity contribution in [3.05, 3.63) is 0 Å². The van der Waals surface area contributed by atoms with E-state index < -0.39 is 0 Å². The first-order valence-corrected chi connectivity index (χ1v) is 8.94. The Morgan fingerprint density at radius 3 is 2.38 bits per heavy atom. The summed E-state index contributed by atoms with van der Waals surface area (Å²) < 4.78 is 0. The molecule has 0 radical (unpaired) electrons. The van der Waals surface area contributed by atoms with E-state index in [1.165, 1.54) is 25.7 Å². The maximum absolute atomic E-state index is 12.9. The standard InChI is InChI=1S/C18H34N2O/c1-18(2,3)14-8-7-12-20(13-11-14)17(21)15-9-5-4-6-10-16(15)19/h14-16H,4-13,19H2,1-3H3. The minimum Gasteiger partial charge on any atom is -0.342 e. The fourth-order valence-electron chi connectivity index (χ4n) is 4.06. The molecule has 2 aliphatic rings. The number of hydrogen-bond acceptors (Lipinski definition) is 2. The Morgan fingerprint density at radius 2 is 1.67 bits per heavy atom. The van der Waals surface area contributed by atoms with Crippen molar-refractivity contribution >= 4 is 5.91 Å². The molecule has 3 atom stereocenters. The molecular weight excluding hydrogens is 260 g/mol. The lowest BCUT2D eigenvalue weighted by atomic mass is 9.77. The highest BCUT2D eigenvalue weighted by Gasteiger charge is 2.33. The number of hydrogen-bond donors (Lipinski definition) is 1. The number of rotatable bonds is 1. The van der Waals surface area contributed by atoms with Crippen molar-refractivity contribution in [3.8, 4) is 0 Å². The Labute approximate surface area is 130 Å². The molecule has 3 heteroatoms. The number of nitrogens with two attached hydrogens (primary N) is 1. The summed E-state index contributed by atoms with van der Waals surface area (Å²) in [6.45, 7) is 8.86. The molecule has 1 saturated carbocycles. The lowest BCUT2D eigenvalue weighted by Gasteiger charge is -2.31. The molecule has 1 aliphatic carbocycles. The molecule has 0 bridgehead atoms. The molecule has 1 heterocycles. The molecule has 1 aliphatic heterocycles. The maximum Gasteiger partial charge on any atom is 0.227 e. The highest BCUT2D eigenvalue weighted by molar-refractivity contribution is 5.79. The van der Waals surface area contributed by atoms with Gasteiger partial charge in [0, 0.05) is 19.1 Å². The van der Waals surface area contributed by atoms with Gasteiger partial charge in [-0.15, -0.1) is 0 Å². The van der Waals surface area contributed by atoms with Gasteiger partial charge in [0.25, 0.3) is 0 Å². The van der Waals surface area contributed by atoms with Crippen LogP contribution >= 0.6 is 0 Å². The second-order valence-electron chi connectivity index (χ2n) is 8.23. The van der Waals surface area contributed by atoms with Crippen molar-refractivity contribution in [1.82, 2.24) is 4.90 Å². The van der Waals surface area contributed by atoms with E-state index in [-0.39, 0.29) is 12.0 Å². The van der Waals surface area contributed by atoms with Crippen LogP contribution < -0.4 is 5.73 Å². The van der Waals surface area contributed by atoms with Gasteiger partial charge in [0.1, 0.15) is 0 Å². The van der Waals surface area contributed by atoms with Gasteiger partial charge in [0.2, 0.25) is 5.91 Å². The van der Waals surface area contributed by atoms with Crippen LogP contribution in [0.3, 0.4) is 0 Å². The van der Waals surface area contributed by atoms with Gasteiger partial charge in [-0.1, -0.05) is 40.0 Å². The highest BCUT2D eigenvalue weighted by Crippen LogP contribution is 2.35. The Bertz CT molecular complexity index is 348. The zero-order valence-electron chi connectivity index (χ0n) is 14.2. The first-order valence-electron chi connectivity index (χ1n) is 8.94. The summed E-state index contributed by atoms with van der Waals surface area (Å²) in [6.07, 6.45) is 9.17. The van der Waals surface area contributed by atoms with E-state index in [4.69, 9.17) is 5.73 Å². The van der Waals surface area contributed by atoms with Crippen LogP contribution in [0.2, 0.25) is 0 Å². The van der Waals surface area contributed by atoms with Gasteiger partial charge in [0.15, 0.2) is 0 Å². The Balaban J connectivity index is 1.96. The molecule has 1 saturated heterocycles. The molecule has 0 spiro atoms. The molecule has 0 aromatic heterocycles. The SMILES string of the molecule is CC(C)(C)C1CCCN(C(=O)C2CCCCCC2N)CC1. The summed E-state index contributed by atoms with van der Waals surface area (Å²) in [6, 6.07) is 0.0849. The summed E-state index contributed by atoms with van der Waals surface area (Å²) in [4.78, 5) is 15.0. The van der Waals surface area contributed by atoms with Crippen LogP contribution in [-0.4, -0.2) is 29.9 Å². The van der Waals surface area contributed by atoms with E-state index in [9.17, 15) is 4.79 Å². The van der Waals surface area contributed by atoms with E-state index in [1.807, 2.05) is 0 Å². The largest absolute Gasteiger partial charge is 0.342 e. The Morgan fingerprint density at radius 1 is 0.952 bits per heavy atom. The predicted octanol–water partition coefficient (Wildman–Crippen LogP) is 3.57. The third kappa shape index (κ3) is 4.45. The van der Waals surface area contributed by atoms with Crippen LogP contribution in [0.15, 0.2) is 0 Å². The summed E-state index contributed by atoms with van der Waals surface area (Å²) in [5, 5.41) is 0. The molecule has 3 unspecified atom stereocenters. The van der Waals surface area contributed by atoms with Crippen molar-refractivity contribution in [2.75, 3.05) is 13.1 Å². The lowest BCUT2D eigenvalue weighted by molar-refractivity contribution is -0.136. The summed E-state index contributed by atoms with van der Waals surface area (Å²) >= 11 is 0. The predicted molar refractivity (Wildman–Crippen MR) is 87.9 cm³/mol. The van der Waals surface area contributed by atoms with E-state index >= 15 is 0 Å². The first-order chi connectivity index (χ1) is 9.89. The van der Waals surface area contributed by atoms with Crippen molar-refractivity contribution < 1.29 is 4.79 Å². The third-order valence-electron chi connectivity index (χ3n) is 5.65. The number of amides is 1. The minimum atomic E-state index is 0.0821. The fraction of sp³-hybridized carbons (Fsp3) is 0.944. The van der Waals surface area contributed by atoms with Crippen LogP contribution in [0.1, 0.15) is 72.1 Å². The van der Waals surface area contributed by atoms with Gasteiger partial charge in [-0.2, -0.15) is 0 Å². The monoisotopic (exact) mass is 294 g/mol. The van der Waals surface area contributed by atoms with E-state index in [2.05, 4.69) is 25.7 Å². The molecule has 122 valence electrons. The van der Waals surface area contributed by atoms with Gasteiger partial charge < -0.3 is 10.6 Å². The molecule has 21 heavy (non-hydrogen) atoms. The quantitative estimate of drug-likeness (QED) is 0.752. The highest BCUT2D eigenvalue weighted by atomic mass is 16.2. The number of likely N-dealkylation sites (tertiary alicyclic amines) is 1. The Hall–Kier alpha value is -0.570. The van der Waals surface area contributed by atoms with E-state index in [0.29, 0.717) is 11.3 Å². The molecule has 2 N–H and O–H groups in total. The Kier molecular flexibility index (Phi) is 5.70. The van der Waals surface area contributed by atoms with Crippen LogP contribution in [0.25, 0.3) is 0 Å². The maximum atomic E-state index is 12.9.